The minimum absolute atomic E-state index is 0.167. The van der Waals surface area contributed by atoms with E-state index in [9.17, 15) is 4.79 Å². The van der Waals surface area contributed by atoms with Gasteiger partial charge in [0, 0.05) is 11.8 Å². The maximum Gasteiger partial charge on any atom is 0.206 e. The first-order chi connectivity index (χ1) is 8.52. The number of aromatic nitrogens is 2. The summed E-state index contributed by atoms with van der Waals surface area (Å²) in [6.45, 7) is 5.51. The summed E-state index contributed by atoms with van der Waals surface area (Å²) in [5, 5.41) is 13.3. The summed E-state index contributed by atoms with van der Waals surface area (Å²) in [5.74, 6) is 0. The molecule has 1 N–H and O–H groups in total. The molecule has 2 aromatic rings. The highest BCUT2D eigenvalue weighted by Gasteiger charge is 2.08. The van der Waals surface area contributed by atoms with Crippen LogP contribution < -0.4 is 5.43 Å². The number of hydrogen-bond donors (Lipinski definition) is 1. The molecule has 0 fully saturated rings. The van der Waals surface area contributed by atoms with E-state index >= 15 is 0 Å². The second kappa shape index (κ2) is 4.74. The monoisotopic (exact) mass is 244 g/mol. The molecular weight excluding hydrogens is 228 g/mol. The molecule has 0 bridgehead atoms. The minimum Gasteiger partial charge on any atom is -0.390 e. The van der Waals surface area contributed by atoms with Gasteiger partial charge < -0.3 is 5.11 Å². The molecule has 0 radical (unpaired) electrons. The third-order valence-electron chi connectivity index (χ3n) is 2.91. The second-order valence-electron chi connectivity index (χ2n) is 4.46. The molecule has 1 aromatic carbocycles. The second-order valence-corrected chi connectivity index (χ2v) is 4.46. The van der Waals surface area contributed by atoms with Crippen molar-refractivity contribution < 1.29 is 5.11 Å². The van der Waals surface area contributed by atoms with Crippen LogP contribution in [0.5, 0.6) is 0 Å². The van der Waals surface area contributed by atoms with Crippen molar-refractivity contribution in [2.45, 2.75) is 27.4 Å². The maximum atomic E-state index is 11.6. The standard InChI is InChI=1S/C14H16N2O2/c1-9-4-5-13(10(2)6-9)16-11(3)7-14(18)12(8-17)15-16/h4-7,17H,8H2,1-3H3. The van der Waals surface area contributed by atoms with Crippen LogP contribution in [-0.4, -0.2) is 14.9 Å². The van der Waals surface area contributed by atoms with Gasteiger partial charge in [-0.3, -0.25) is 4.79 Å². The molecule has 94 valence electrons. The summed E-state index contributed by atoms with van der Waals surface area (Å²) in [4.78, 5) is 11.6. The minimum atomic E-state index is -0.343. The Bertz CT molecular complexity index is 645. The summed E-state index contributed by atoms with van der Waals surface area (Å²) in [6, 6.07) is 7.53. The largest absolute Gasteiger partial charge is 0.390 e. The Hall–Kier alpha value is -1.94. The fourth-order valence-corrected chi connectivity index (χ4v) is 1.98. The van der Waals surface area contributed by atoms with Gasteiger partial charge in [0.25, 0.3) is 0 Å². The van der Waals surface area contributed by atoms with E-state index in [1.54, 1.807) is 4.68 Å². The van der Waals surface area contributed by atoms with Crippen LogP contribution in [0.3, 0.4) is 0 Å². The summed E-state index contributed by atoms with van der Waals surface area (Å²) in [5.41, 5.74) is 3.88. The van der Waals surface area contributed by atoms with Crippen molar-refractivity contribution in [2.75, 3.05) is 0 Å². The van der Waals surface area contributed by atoms with Crippen molar-refractivity contribution in [1.29, 1.82) is 0 Å². The number of benzene rings is 1. The molecule has 0 amide bonds. The lowest BCUT2D eigenvalue weighted by molar-refractivity contribution is 0.273. The average molecular weight is 244 g/mol. The zero-order valence-corrected chi connectivity index (χ0v) is 10.8. The van der Waals surface area contributed by atoms with Gasteiger partial charge in [-0.1, -0.05) is 17.7 Å². The molecule has 18 heavy (non-hydrogen) atoms. The summed E-state index contributed by atoms with van der Waals surface area (Å²) in [6.07, 6.45) is 0. The molecule has 0 saturated heterocycles. The van der Waals surface area contributed by atoms with E-state index in [0.29, 0.717) is 0 Å². The van der Waals surface area contributed by atoms with Crippen molar-refractivity contribution >= 4 is 0 Å². The SMILES string of the molecule is Cc1ccc(-n2nc(CO)c(=O)cc2C)c(C)c1. The number of rotatable bonds is 2. The zero-order chi connectivity index (χ0) is 13.3. The Kier molecular flexibility index (Phi) is 3.30. The van der Waals surface area contributed by atoms with Crippen molar-refractivity contribution in [3.05, 3.63) is 57.0 Å². The number of aryl methyl sites for hydroxylation is 3. The number of aliphatic hydroxyl groups is 1. The molecule has 0 unspecified atom stereocenters. The van der Waals surface area contributed by atoms with Crippen LogP contribution >= 0.6 is 0 Å². The average Bonchev–Trinajstić information content (AvgIpc) is 2.30. The highest BCUT2D eigenvalue weighted by atomic mass is 16.3. The molecule has 4 nitrogen and oxygen atoms in total. The van der Waals surface area contributed by atoms with E-state index in [2.05, 4.69) is 11.2 Å². The number of aliphatic hydroxyl groups excluding tert-OH is 1. The van der Waals surface area contributed by atoms with Gasteiger partial charge in [-0.2, -0.15) is 5.10 Å². The van der Waals surface area contributed by atoms with E-state index in [1.807, 2.05) is 32.9 Å². The Balaban J connectivity index is 2.67. The molecule has 0 aliphatic rings. The van der Waals surface area contributed by atoms with Crippen molar-refractivity contribution in [1.82, 2.24) is 9.78 Å². The van der Waals surface area contributed by atoms with Gasteiger partial charge in [-0.15, -0.1) is 0 Å². The summed E-state index contributed by atoms with van der Waals surface area (Å²) >= 11 is 0. The van der Waals surface area contributed by atoms with Crippen LogP contribution in [0, 0.1) is 20.8 Å². The summed E-state index contributed by atoms with van der Waals surface area (Å²) in [7, 11) is 0. The quantitative estimate of drug-likeness (QED) is 0.874. The van der Waals surface area contributed by atoms with Crippen LogP contribution in [0.4, 0.5) is 0 Å². The van der Waals surface area contributed by atoms with Crippen LogP contribution in [0.2, 0.25) is 0 Å². The van der Waals surface area contributed by atoms with Gasteiger partial charge in [0.1, 0.15) is 5.69 Å². The van der Waals surface area contributed by atoms with Crippen molar-refractivity contribution in [2.24, 2.45) is 0 Å². The molecule has 0 aliphatic carbocycles. The predicted octanol–water partition coefficient (Wildman–Crippen LogP) is 1.65. The fraction of sp³-hybridized carbons (Fsp3) is 0.286. The Morgan fingerprint density at radius 2 is 1.94 bits per heavy atom. The third kappa shape index (κ3) is 2.19. The lowest BCUT2D eigenvalue weighted by atomic mass is 10.1. The Labute approximate surface area is 106 Å². The van der Waals surface area contributed by atoms with Gasteiger partial charge >= 0.3 is 0 Å². The molecule has 0 atom stereocenters. The molecule has 1 heterocycles. The molecule has 1 aromatic heterocycles. The van der Waals surface area contributed by atoms with E-state index < -0.39 is 0 Å². The third-order valence-corrected chi connectivity index (χ3v) is 2.91. The first-order valence-electron chi connectivity index (χ1n) is 5.81. The van der Waals surface area contributed by atoms with Gasteiger partial charge in [0.15, 0.2) is 0 Å². The number of hydrogen-bond acceptors (Lipinski definition) is 3. The highest BCUT2D eigenvalue weighted by molar-refractivity contribution is 5.42. The molecular formula is C14H16N2O2. The molecule has 0 aliphatic heterocycles. The van der Waals surface area contributed by atoms with E-state index in [-0.39, 0.29) is 17.7 Å². The van der Waals surface area contributed by atoms with Gasteiger partial charge in [0.05, 0.1) is 12.3 Å². The van der Waals surface area contributed by atoms with Crippen LogP contribution in [0.15, 0.2) is 29.1 Å². The van der Waals surface area contributed by atoms with Crippen molar-refractivity contribution in [3.63, 3.8) is 0 Å². The van der Waals surface area contributed by atoms with Gasteiger partial charge in [0.2, 0.25) is 5.43 Å². The normalized spacial score (nSPS) is 10.7. The van der Waals surface area contributed by atoms with Gasteiger partial charge in [-0.05, 0) is 32.4 Å². The van der Waals surface area contributed by atoms with Crippen LogP contribution in [0.1, 0.15) is 22.5 Å². The van der Waals surface area contributed by atoms with E-state index in [4.69, 9.17) is 5.11 Å². The van der Waals surface area contributed by atoms with Crippen molar-refractivity contribution in [3.8, 4) is 5.69 Å². The molecule has 4 heteroatoms. The smallest absolute Gasteiger partial charge is 0.206 e. The molecule has 0 spiro atoms. The van der Waals surface area contributed by atoms with E-state index in [1.165, 1.54) is 11.6 Å². The first kappa shape index (κ1) is 12.5. The Morgan fingerprint density at radius 3 is 2.56 bits per heavy atom. The molecule has 0 saturated carbocycles. The highest BCUT2D eigenvalue weighted by Crippen LogP contribution is 2.15. The lowest BCUT2D eigenvalue weighted by Gasteiger charge is -2.13. The first-order valence-corrected chi connectivity index (χ1v) is 5.81. The van der Waals surface area contributed by atoms with Crippen LogP contribution in [0.25, 0.3) is 5.69 Å². The topological polar surface area (TPSA) is 55.1 Å². The number of nitrogens with zero attached hydrogens (tertiary/aromatic N) is 2. The van der Waals surface area contributed by atoms with Crippen LogP contribution in [-0.2, 0) is 6.61 Å². The predicted molar refractivity (Wildman–Crippen MR) is 70.0 cm³/mol. The zero-order valence-electron chi connectivity index (χ0n) is 10.8. The maximum absolute atomic E-state index is 11.6. The lowest BCUT2D eigenvalue weighted by Crippen LogP contribution is -2.19. The fourth-order valence-electron chi connectivity index (χ4n) is 1.98. The summed E-state index contributed by atoms with van der Waals surface area (Å²) < 4.78 is 1.70. The Morgan fingerprint density at radius 1 is 1.22 bits per heavy atom. The molecule has 2 rings (SSSR count). The van der Waals surface area contributed by atoms with Gasteiger partial charge in [-0.25, -0.2) is 4.68 Å². The van der Waals surface area contributed by atoms with E-state index in [0.717, 1.165) is 16.9 Å².